The van der Waals surface area contributed by atoms with Gasteiger partial charge in [-0.25, -0.2) is 0 Å². The molecule has 1 heterocycles. The summed E-state index contributed by atoms with van der Waals surface area (Å²) in [7, 11) is 0. The number of nitrogens with zero attached hydrogens (tertiary/aromatic N) is 1. The van der Waals surface area contributed by atoms with Crippen LogP contribution in [0.3, 0.4) is 0 Å². The molecule has 0 bridgehead atoms. The minimum Gasteiger partial charge on any atom is -0.352 e. The van der Waals surface area contributed by atoms with Crippen molar-refractivity contribution in [3.8, 4) is 0 Å². The molecule has 1 aliphatic carbocycles. The van der Waals surface area contributed by atoms with Gasteiger partial charge < -0.3 is 11.1 Å². The number of rotatable bonds is 3. The predicted molar refractivity (Wildman–Crippen MR) is 66.0 cm³/mol. The Labute approximate surface area is 101 Å². The molecule has 1 aromatic heterocycles. The minimum atomic E-state index is -0.0767. The topological polar surface area (TPSA) is 68.0 Å². The molecule has 17 heavy (non-hydrogen) atoms. The Hall–Kier alpha value is -1.68. The molecular weight excluding hydrogens is 214 g/mol. The third-order valence-corrected chi connectivity index (χ3v) is 3.04. The average molecular weight is 231 g/mol. The van der Waals surface area contributed by atoms with Crippen LogP contribution in [0.15, 0.2) is 30.6 Å². The number of hydrogen-bond acceptors (Lipinski definition) is 3. The van der Waals surface area contributed by atoms with E-state index in [9.17, 15) is 4.79 Å². The van der Waals surface area contributed by atoms with Crippen molar-refractivity contribution in [2.45, 2.75) is 25.9 Å². The number of aromatic nitrogens is 1. The van der Waals surface area contributed by atoms with Crippen molar-refractivity contribution < 1.29 is 4.79 Å². The van der Waals surface area contributed by atoms with Gasteiger partial charge in [0.1, 0.15) is 0 Å². The summed E-state index contributed by atoms with van der Waals surface area (Å²) in [6.07, 6.45) is 8.02. The van der Waals surface area contributed by atoms with Crippen LogP contribution in [0.5, 0.6) is 0 Å². The van der Waals surface area contributed by atoms with Crippen molar-refractivity contribution in [3.63, 3.8) is 0 Å². The third kappa shape index (κ3) is 2.91. The molecule has 0 aliphatic heterocycles. The lowest BCUT2D eigenvalue weighted by Gasteiger charge is -2.11. The van der Waals surface area contributed by atoms with Crippen molar-refractivity contribution in [3.05, 3.63) is 41.7 Å². The molecule has 0 saturated heterocycles. The molecule has 1 aliphatic rings. The maximum atomic E-state index is 11.8. The fourth-order valence-corrected chi connectivity index (χ4v) is 1.94. The normalized spacial score (nSPS) is 22.7. The quantitative estimate of drug-likeness (QED) is 0.760. The summed E-state index contributed by atoms with van der Waals surface area (Å²) in [5, 5.41) is 2.93. The number of pyridine rings is 1. The number of aryl methyl sites for hydroxylation is 1. The summed E-state index contributed by atoms with van der Waals surface area (Å²) in [5.74, 6) is -0.0300. The van der Waals surface area contributed by atoms with Crippen molar-refractivity contribution in [1.29, 1.82) is 0 Å². The van der Waals surface area contributed by atoms with Crippen LogP contribution in [0, 0.1) is 12.8 Å². The van der Waals surface area contributed by atoms with Gasteiger partial charge in [-0.15, -0.1) is 0 Å². The van der Waals surface area contributed by atoms with E-state index in [1.54, 1.807) is 12.4 Å². The fourth-order valence-electron chi connectivity index (χ4n) is 1.94. The van der Waals surface area contributed by atoms with E-state index in [-0.39, 0.29) is 17.9 Å². The molecule has 0 saturated carbocycles. The number of carbonyl (C=O) groups excluding carboxylic acids is 1. The molecule has 1 amide bonds. The minimum absolute atomic E-state index is 0.0217. The van der Waals surface area contributed by atoms with Crippen LogP contribution in [0.1, 0.15) is 17.5 Å². The van der Waals surface area contributed by atoms with Crippen LogP contribution in [-0.2, 0) is 11.3 Å². The molecule has 4 nitrogen and oxygen atoms in total. The first-order chi connectivity index (χ1) is 8.16. The molecule has 2 atom stereocenters. The van der Waals surface area contributed by atoms with E-state index in [1.165, 1.54) is 0 Å². The molecule has 0 spiro atoms. The molecule has 2 rings (SSSR count). The fraction of sp³-hybridized carbons (Fsp3) is 0.385. The van der Waals surface area contributed by atoms with Crippen LogP contribution in [0.4, 0.5) is 0 Å². The first-order valence-corrected chi connectivity index (χ1v) is 5.78. The van der Waals surface area contributed by atoms with E-state index in [1.807, 2.05) is 25.1 Å². The van der Waals surface area contributed by atoms with Gasteiger partial charge in [0.15, 0.2) is 0 Å². The Bertz CT molecular complexity index is 442. The van der Waals surface area contributed by atoms with Gasteiger partial charge in [-0.1, -0.05) is 12.2 Å². The zero-order chi connectivity index (χ0) is 12.3. The lowest BCUT2D eigenvalue weighted by atomic mass is 10.1. The second-order valence-corrected chi connectivity index (χ2v) is 4.41. The molecule has 0 radical (unpaired) electrons. The van der Waals surface area contributed by atoms with Crippen LogP contribution >= 0.6 is 0 Å². The molecule has 2 unspecified atom stereocenters. The summed E-state index contributed by atoms with van der Waals surface area (Å²) in [6.45, 7) is 2.53. The smallest absolute Gasteiger partial charge is 0.227 e. The summed E-state index contributed by atoms with van der Waals surface area (Å²) < 4.78 is 0. The van der Waals surface area contributed by atoms with Crippen molar-refractivity contribution in [2.24, 2.45) is 11.7 Å². The lowest BCUT2D eigenvalue weighted by molar-refractivity contribution is -0.123. The Morgan fingerprint density at radius 3 is 3.06 bits per heavy atom. The first kappa shape index (κ1) is 11.8. The Morgan fingerprint density at radius 1 is 1.59 bits per heavy atom. The van der Waals surface area contributed by atoms with Gasteiger partial charge in [0.05, 0.1) is 5.92 Å². The highest BCUT2D eigenvalue weighted by molar-refractivity contribution is 5.81. The van der Waals surface area contributed by atoms with Crippen LogP contribution in [-0.4, -0.2) is 16.9 Å². The van der Waals surface area contributed by atoms with Crippen LogP contribution in [0.2, 0.25) is 0 Å². The number of nitrogens with two attached hydrogens (primary N) is 1. The third-order valence-electron chi connectivity index (χ3n) is 3.04. The maximum Gasteiger partial charge on any atom is 0.227 e. The van der Waals surface area contributed by atoms with Gasteiger partial charge in [0.2, 0.25) is 5.91 Å². The maximum absolute atomic E-state index is 11.8. The highest BCUT2D eigenvalue weighted by Crippen LogP contribution is 2.16. The van der Waals surface area contributed by atoms with Crippen LogP contribution < -0.4 is 11.1 Å². The first-order valence-electron chi connectivity index (χ1n) is 5.78. The number of amides is 1. The summed E-state index contributed by atoms with van der Waals surface area (Å²) in [4.78, 5) is 15.9. The molecule has 4 heteroatoms. The van der Waals surface area contributed by atoms with Gasteiger partial charge in [0.25, 0.3) is 0 Å². The average Bonchev–Trinajstić information content (AvgIpc) is 2.74. The summed E-state index contributed by atoms with van der Waals surface area (Å²) in [6, 6.07) is 1.94. The SMILES string of the molecule is Cc1cnccc1CNC(=O)C1C=CC(N)C1. The number of hydrogen-bond donors (Lipinski definition) is 2. The van der Waals surface area contributed by atoms with Gasteiger partial charge >= 0.3 is 0 Å². The van der Waals surface area contributed by atoms with Crippen molar-refractivity contribution >= 4 is 5.91 Å². The highest BCUT2D eigenvalue weighted by atomic mass is 16.1. The molecule has 0 fully saturated rings. The zero-order valence-corrected chi connectivity index (χ0v) is 9.89. The monoisotopic (exact) mass is 231 g/mol. The number of nitrogens with one attached hydrogen (secondary N) is 1. The Balaban J connectivity index is 1.89. The second kappa shape index (κ2) is 5.10. The van der Waals surface area contributed by atoms with Gasteiger partial charge in [-0.2, -0.15) is 0 Å². The van der Waals surface area contributed by atoms with Crippen molar-refractivity contribution in [1.82, 2.24) is 10.3 Å². The number of carbonyl (C=O) groups is 1. The zero-order valence-electron chi connectivity index (χ0n) is 9.89. The van der Waals surface area contributed by atoms with Crippen LogP contribution in [0.25, 0.3) is 0 Å². The van der Waals surface area contributed by atoms with Crippen molar-refractivity contribution in [2.75, 3.05) is 0 Å². The van der Waals surface area contributed by atoms with Gasteiger partial charge in [-0.05, 0) is 30.5 Å². The van der Waals surface area contributed by atoms with Gasteiger partial charge in [-0.3, -0.25) is 9.78 Å². The van der Waals surface area contributed by atoms with E-state index in [0.29, 0.717) is 13.0 Å². The lowest BCUT2D eigenvalue weighted by Crippen LogP contribution is -2.30. The second-order valence-electron chi connectivity index (χ2n) is 4.41. The molecule has 1 aromatic rings. The molecule has 3 N–H and O–H groups in total. The van der Waals surface area contributed by atoms with E-state index in [0.717, 1.165) is 11.1 Å². The largest absolute Gasteiger partial charge is 0.352 e. The molecule has 90 valence electrons. The molecular formula is C13H17N3O. The molecule has 0 aromatic carbocycles. The summed E-state index contributed by atoms with van der Waals surface area (Å²) in [5.41, 5.74) is 7.91. The van der Waals surface area contributed by atoms with E-state index in [4.69, 9.17) is 5.73 Å². The van der Waals surface area contributed by atoms with E-state index in [2.05, 4.69) is 10.3 Å². The highest BCUT2D eigenvalue weighted by Gasteiger charge is 2.22. The van der Waals surface area contributed by atoms with E-state index < -0.39 is 0 Å². The standard InChI is InChI=1S/C13H17N3O/c1-9-7-15-5-4-11(9)8-16-13(17)10-2-3-12(14)6-10/h2-5,7,10,12H,6,8,14H2,1H3,(H,16,17). The Kier molecular flexibility index (Phi) is 3.54. The summed E-state index contributed by atoms with van der Waals surface area (Å²) >= 11 is 0. The van der Waals surface area contributed by atoms with Gasteiger partial charge in [0, 0.05) is 25.0 Å². The van der Waals surface area contributed by atoms with E-state index >= 15 is 0 Å². The predicted octanol–water partition coefficient (Wildman–Crippen LogP) is 0.910. The Morgan fingerprint density at radius 2 is 2.41 bits per heavy atom.